The number of aliphatic imine (C=N–C) groups is 1. The Kier molecular flexibility index (Phi) is 9.26. The van der Waals surface area contributed by atoms with Crippen molar-refractivity contribution in [2.24, 2.45) is 4.99 Å². The summed E-state index contributed by atoms with van der Waals surface area (Å²) in [6.07, 6.45) is 1.90. The Labute approximate surface area is 133 Å². The second-order valence-electron chi connectivity index (χ2n) is 3.63. The minimum atomic E-state index is -0.820. The summed E-state index contributed by atoms with van der Waals surface area (Å²) in [7, 11) is 0. The fourth-order valence-corrected chi connectivity index (χ4v) is 1.25. The number of carbonyl (C=O) groups excluding carboxylic acids is 1. The third-order valence-electron chi connectivity index (χ3n) is 2.09. The average Bonchev–Trinajstić information content (AvgIpc) is 2.50. The summed E-state index contributed by atoms with van der Waals surface area (Å²) in [6, 6.07) is 7.26. The van der Waals surface area contributed by atoms with Crippen molar-refractivity contribution in [3.8, 4) is 6.26 Å². The molecule has 1 N–H and O–H groups in total. The number of hydrogen-bond donors (Lipinski definition) is 1. The molecule has 0 aliphatic rings. The zero-order valence-electron chi connectivity index (χ0n) is 11.7. The SMILES string of the molecule is Fc1cccc(F)c1.N#CO.O=C=Nc1ccc(F)cc1[N+](=O)[O-]. The van der Waals surface area contributed by atoms with Crippen LogP contribution in [0.15, 0.2) is 47.5 Å². The summed E-state index contributed by atoms with van der Waals surface area (Å²) in [6.45, 7) is 0. The lowest BCUT2D eigenvalue weighted by Gasteiger charge is -1.94. The molecule has 24 heavy (non-hydrogen) atoms. The first-order valence-electron chi connectivity index (χ1n) is 5.81. The average molecular weight is 339 g/mol. The molecule has 0 atom stereocenters. The fourth-order valence-electron chi connectivity index (χ4n) is 1.25. The maximum Gasteiger partial charge on any atom is 0.298 e. The number of benzene rings is 2. The van der Waals surface area contributed by atoms with Crippen molar-refractivity contribution in [1.29, 1.82) is 5.26 Å². The van der Waals surface area contributed by atoms with Crippen LogP contribution in [0, 0.1) is 39.1 Å². The van der Waals surface area contributed by atoms with E-state index in [1.807, 2.05) is 0 Å². The van der Waals surface area contributed by atoms with E-state index >= 15 is 0 Å². The Morgan fingerprint density at radius 2 is 1.58 bits per heavy atom. The van der Waals surface area contributed by atoms with Gasteiger partial charge in [0.25, 0.3) is 11.9 Å². The summed E-state index contributed by atoms with van der Waals surface area (Å²) in [4.78, 5) is 22.4. The minimum absolute atomic E-state index is 0.207. The molecule has 0 fully saturated rings. The first kappa shape index (κ1) is 20.3. The van der Waals surface area contributed by atoms with Gasteiger partial charge in [-0.1, -0.05) is 6.07 Å². The van der Waals surface area contributed by atoms with E-state index < -0.39 is 28.1 Å². The van der Waals surface area contributed by atoms with Crippen molar-refractivity contribution in [3.63, 3.8) is 0 Å². The summed E-state index contributed by atoms with van der Waals surface area (Å²) < 4.78 is 36.4. The Hall–Kier alpha value is -3.70. The molecule has 7 nitrogen and oxygen atoms in total. The normalized spacial score (nSPS) is 8.25. The third kappa shape index (κ3) is 7.92. The van der Waals surface area contributed by atoms with Crippen molar-refractivity contribution in [3.05, 3.63) is 70.0 Å². The van der Waals surface area contributed by atoms with E-state index in [9.17, 15) is 28.1 Å². The summed E-state index contributed by atoms with van der Waals surface area (Å²) in [5, 5.41) is 24.0. The van der Waals surface area contributed by atoms with Gasteiger partial charge in [-0.25, -0.2) is 18.0 Å². The van der Waals surface area contributed by atoms with Gasteiger partial charge in [0.2, 0.25) is 6.08 Å². The van der Waals surface area contributed by atoms with Crippen LogP contribution in [0.2, 0.25) is 0 Å². The molecule has 0 saturated carbocycles. The monoisotopic (exact) mass is 339 g/mol. The number of nitriles is 1. The van der Waals surface area contributed by atoms with Gasteiger partial charge >= 0.3 is 0 Å². The van der Waals surface area contributed by atoms with Crippen LogP contribution in [0.4, 0.5) is 24.5 Å². The highest BCUT2D eigenvalue weighted by atomic mass is 19.1. The van der Waals surface area contributed by atoms with Crippen LogP contribution >= 0.6 is 0 Å². The number of halogens is 3. The molecule has 2 aromatic rings. The Bertz CT molecular complexity index is 770. The highest BCUT2D eigenvalue weighted by molar-refractivity contribution is 5.61. The molecule has 0 heterocycles. The van der Waals surface area contributed by atoms with E-state index in [1.54, 1.807) is 0 Å². The molecule has 0 unspecified atom stereocenters. The predicted molar refractivity (Wildman–Crippen MR) is 74.7 cm³/mol. The van der Waals surface area contributed by atoms with Gasteiger partial charge in [0, 0.05) is 6.07 Å². The molecule has 0 radical (unpaired) electrons. The Morgan fingerprint density at radius 1 is 1.08 bits per heavy atom. The maximum atomic E-state index is 12.5. The number of rotatable bonds is 2. The van der Waals surface area contributed by atoms with E-state index in [0.29, 0.717) is 6.07 Å². The van der Waals surface area contributed by atoms with Crippen LogP contribution in [-0.2, 0) is 4.79 Å². The molecule has 0 amide bonds. The van der Waals surface area contributed by atoms with Crippen LogP contribution in [0.1, 0.15) is 0 Å². The number of hydrogen-bond acceptors (Lipinski definition) is 6. The minimum Gasteiger partial charge on any atom is -0.443 e. The molecule has 0 aliphatic heterocycles. The molecule has 0 aliphatic carbocycles. The van der Waals surface area contributed by atoms with Crippen molar-refractivity contribution in [1.82, 2.24) is 0 Å². The smallest absolute Gasteiger partial charge is 0.298 e. The van der Waals surface area contributed by atoms with Crippen LogP contribution in [-0.4, -0.2) is 16.1 Å². The van der Waals surface area contributed by atoms with Crippen molar-refractivity contribution < 1.29 is 28.0 Å². The predicted octanol–water partition coefficient (Wildman–Crippen LogP) is 3.51. The number of isocyanates is 1. The first-order valence-corrected chi connectivity index (χ1v) is 5.81. The first-order chi connectivity index (χ1) is 11.3. The number of nitrogens with zero attached hydrogens (tertiary/aromatic N) is 3. The maximum absolute atomic E-state index is 12.5. The zero-order valence-corrected chi connectivity index (χ0v) is 11.7. The molecule has 2 rings (SSSR count). The number of nitro benzene ring substituents is 1. The van der Waals surface area contributed by atoms with Gasteiger partial charge in [-0.2, -0.15) is 10.3 Å². The molecular formula is C14H8F3N3O4. The van der Waals surface area contributed by atoms with Crippen molar-refractivity contribution in [2.45, 2.75) is 0 Å². The van der Waals surface area contributed by atoms with Gasteiger partial charge in [-0.05, 0) is 24.3 Å². The standard InChI is InChI=1S/C7H3FN2O3.C6H4F2.CHNO/c8-5-1-2-6(9-4-11)7(3-5)10(12)13;7-5-2-1-3-6(8)4-5;2-1-3/h1-3H;1-4H;3H. The summed E-state index contributed by atoms with van der Waals surface area (Å²) in [5.74, 6) is -1.83. The lowest BCUT2D eigenvalue weighted by molar-refractivity contribution is -0.384. The van der Waals surface area contributed by atoms with E-state index in [4.69, 9.17) is 10.4 Å². The van der Waals surface area contributed by atoms with Crippen LogP contribution in [0.3, 0.4) is 0 Å². The van der Waals surface area contributed by atoms with Crippen LogP contribution < -0.4 is 0 Å². The molecule has 0 aromatic heterocycles. The van der Waals surface area contributed by atoms with Crippen LogP contribution in [0.25, 0.3) is 0 Å². The fraction of sp³-hybridized carbons (Fsp3) is 0. The van der Waals surface area contributed by atoms with Crippen molar-refractivity contribution in [2.75, 3.05) is 0 Å². The van der Waals surface area contributed by atoms with E-state index in [1.165, 1.54) is 18.2 Å². The number of aliphatic hydroxyl groups is 1. The van der Waals surface area contributed by atoms with Gasteiger partial charge in [0.15, 0.2) is 5.69 Å². The molecule has 0 spiro atoms. The van der Waals surface area contributed by atoms with Gasteiger partial charge in [0.1, 0.15) is 17.5 Å². The molecule has 124 valence electrons. The molecule has 0 bridgehead atoms. The van der Waals surface area contributed by atoms with E-state index in [0.717, 1.165) is 30.5 Å². The lowest BCUT2D eigenvalue weighted by Crippen LogP contribution is -1.89. The topological polar surface area (TPSA) is 117 Å². The zero-order chi connectivity index (χ0) is 18.5. The van der Waals surface area contributed by atoms with Crippen LogP contribution in [0.5, 0.6) is 0 Å². The summed E-state index contributed by atoms with van der Waals surface area (Å²) in [5.41, 5.74) is -0.759. The molecule has 0 saturated heterocycles. The van der Waals surface area contributed by atoms with E-state index in [-0.39, 0.29) is 5.69 Å². The highest BCUT2D eigenvalue weighted by Crippen LogP contribution is 2.26. The van der Waals surface area contributed by atoms with Gasteiger partial charge in [0.05, 0.1) is 11.0 Å². The van der Waals surface area contributed by atoms with Gasteiger partial charge in [-0.15, -0.1) is 0 Å². The number of nitro groups is 1. The quantitative estimate of drug-likeness (QED) is 0.295. The second-order valence-corrected chi connectivity index (χ2v) is 3.63. The third-order valence-corrected chi connectivity index (χ3v) is 2.09. The van der Waals surface area contributed by atoms with Gasteiger partial charge in [-0.3, -0.25) is 10.1 Å². The molecular weight excluding hydrogens is 331 g/mol. The van der Waals surface area contributed by atoms with Gasteiger partial charge < -0.3 is 5.11 Å². The second kappa shape index (κ2) is 10.9. The molecule has 2 aromatic carbocycles. The Morgan fingerprint density at radius 3 is 1.96 bits per heavy atom. The summed E-state index contributed by atoms with van der Waals surface area (Å²) >= 11 is 0. The number of aliphatic hydroxyl groups excluding tert-OH is 1. The Balaban J connectivity index is 0.000000409. The largest absolute Gasteiger partial charge is 0.443 e. The lowest BCUT2D eigenvalue weighted by atomic mass is 10.2. The highest BCUT2D eigenvalue weighted by Gasteiger charge is 2.13. The van der Waals surface area contributed by atoms with E-state index in [2.05, 4.69) is 4.99 Å². The van der Waals surface area contributed by atoms with Crippen molar-refractivity contribution >= 4 is 17.5 Å². The molecule has 10 heteroatoms.